The lowest BCUT2D eigenvalue weighted by Gasteiger charge is -2.30. The van der Waals surface area contributed by atoms with Crippen molar-refractivity contribution in [3.63, 3.8) is 0 Å². The highest BCUT2D eigenvalue weighted by atomic mass is 19.1. The molecule has 2 N–H and O–H groups in total. The highest BCUT2D eigenvalue weighted by Crippen LogP contribution is 2.37. The average molecular weight is 391 g/mol. The topological polar surface area (TPSA) is 95.7 Å². The summed E-state index contributed by atoms with van der Waals surface area (Å²) in [6.07, 6.45) is 3.65. The summed E-state index contributed by atoms with van der Waals surface area (Å²) in [7, 11) is 0. The second-order valence-corrected chi connectivity index (χ2v) is 7.13. The number of hydrogen-bond donors (Lipinski definition) is 2. The number of piperidine rings is 1. The van der Waals surface area contributed by atoms with Crippen LogP contribution in [0.4, 0.5) is 14.6 Å². The SMILES string of the molecule is O=C(O)c1cn(C2CC2)c2nc(N3CCC(=C(F)CO)CC3)c(F)cc2c1=O. The molecule has 1 aliphatic heterocycles. The zero-order valence-electron chi connectivity index (χ0n) is 15.0. The number of pyridine rings is 2. The van der Waals surface area contributed by atoms with Crippen LogP contribution in [0.15, 0.2) is 28.5 Å². The Morgan fingerprint density at radius 2 is 1.96 bits per heavy atom. The Hall–Kier alpha value is -2.81. The van der Waals surface area contributed by atoms with Gasteiger partial charge in [0, 0.05) is 25.3 Å². The van der Waals surface area contributed by atoms with E-state index in [1.807, 2.05) is 0 Å². The molecule has 0 bridgehead atoms. The lowest BCUT2D eigenvalue weighted by atomic mass is 10.0. The number of hydrogen-bond acceptors (Lipinski definition) is 5. The van der Waals surface area contributed by atoms with E-state index in [2.05, 4.69) is 4.98 Å². The first-order valence-corrected chi connectivity index (χ1v) is 9.11. The molecular weight excluding hydrogens is 372 g/mol. The van der Waals surface area contributed by atoms with Crippen LogP contribution in [-0.4, -0.2) is 45.4 Å². The maximum atomic E-state index is 14.8. The largest absolute Gasteiger partial charge is 0.477 e. The third-order valence-electron chi connectivity index (χ3n) is 5.30. The van der Waals surface area contributed by atoms with Gasteiger partial charge in [-0.3, -0.25) is 4.79 Å². The fourth-order valence-corrected chi connectivity index (χ4v) is 3.61. The summed E-state index contributed by atoms with van der Waals surface area (Å²) >= 11 is 0. The molecule has 28 heavy (non-hydrogen) atoms. The summed E-state index contributed by atoms with van der Waals surface area (Å²) in [5.74, 6) is -2.56. The average Bonchev–Trinajstić information content (AvgIpc) is 3.52. The number of carbonyl (C=O) groups is 1. The van der Waals surface area contributed by atoms with E-state index >= 15 is 0 Å². The smallest absolute Gasteiger partial charge is 0.341 e. The maximum Gasteiger partial charge on any atom is 0.341 e. The van der Waals surface area contributed by atoms with Crippen molar-refractivity contribution >= 4 is 22.8 Å². The predicted octanol–water partition coefficient (Wildman–Crippen LogP) is 2.38. The molecule has 4 rings (SSSR count). The molecule has 7 nitrogen and oxygen atoms in total. The van der Waals surface area contributed by atoms with Crippen LogP contribution >= 0.6 is 0 Å². The van der Waals surface area contributed by atoms with Crippen molar-refractivity contribution in [2.45, 2.75) is 31.7 Å². The molecule has 2 fully saturated rings. The van der Waals surface area contributed by atoms with Gasteiger partial charge < -0.3 is 19.7 Å². The Morgan fingerprint density at radius 1 is 1.29 bits per heavy atom. The van der Waals surface area contributed by atoms with Crippen LogP contribution in [0.3, 0.4) is 0 Å². The third-order valence-corrected chi connectivity index (χ3v) is 5.30. The zero-order valence-corrected chi connectivity index (χ0v) is 15.0. The molecule has 148 valence electrons. The molecule has 1 saturated heterocycles. The van der Waals surface area contributed by atoms with E-state index in [9.17, 15) is 23.5 Å². The van der Waals surface area contributed by atoms with E-state index in [-0.39, 0.29) is 22.9 Å². The Balaban J connectivity index is 1.79. The van der Waals surface area contributed by atoms with Crippen molar-refractivity contribution in [1.82, 2.24) is 9.55 Å². The normalized spacial score (nSPS) is 17.2. The van der Waals surface area contributed by atoms with Gasteiger partial charge in [0.05, 0.1) is 12.0 Å². The first-order valence-electron chi connectivity index (χ1n) is 9.11. The number of aromatic carboxylic acids is 1. The molecule has 0 unspecified atom stereocenters. The minimum absolute atomic E-state index is 0.0431. The molecule has 0 atom stereocenters. The predicted molar refractivity (Wildman–Crippen MR) is 97.9 cm³/mol. The van der Waals surface area contributed by atoms with Crippen molar-refractivity contribution in [3.8, 4) is 0 Å². The summed E-state index contributed by atoms with van der Waals surface area (Å²) < 4.78 is 30.0. The summed E-state index contributed by atoms with van der Waals surface area (Å²) in [6.45, 7) is 0.0234. The first kappa shape index (κ1) is 18.5. The fourth-order valence-electron chi connectivity index (χ4n) is 3.61. The van der Waals surface area contributed by atoms with E-state index < -0.39 is 35.2 Å². The quantitative estimate of drug-likeness (QED) is 0.831. The van der Waals surface area contributed by atoms with E-state index in [0.717, 1.165) is 18.9 Å². The second kappa shape index (κ2) is 6.97. The lowest BCUT2D eigenvalue weighted by Crippen LogP contribution is -2.33. The summed E-state index contributed by atoms with van der Waals surface area (Å²) in [6, 6.07) is 1.09. The molecule has 0 radical (unpaired) electrons. The molecule has 1 saturated carbocycles. The Kier molecular flexibility index (Phi) is 4.62. The molecule has 0 spiro atoms. The number of fused-ring (bicyclic) bond motifs is 1. The van der Waals surface area contributed by atoms with Gasteiger partial charge in [-0.15, -0.1) is 0 Å². The molecule has 2 aromatic heterocycles. The molecule has 9 heteroatoms. The van der Waals surface area contributed by atoms with Gasteiger partial charge in [0.15, 0.2) is 11.6 Å². The van der Waals surface area contributed by atoms with Gasteiger partial charge in [-0.05, 0) is 37.3 Å². The van der Waals surface area contributed by atoms with Crippen molar-refractivity contribution < 1.29 is 23.8 Å². The Morgan fingerprint density at radius 3 is 2.54 bits per heavy atom. The van der Waals surface area contributed by atoms with E-state index in [4.69, 9.17) is 5.11 Å². The number of aromatic nitrogens is 2. The van der Waals surface area contributed by atoms with Crippen molar-refractivity contribution in [2.24, 2.45) is 0 Å². The summed E-state index contributed by atoms with van der Waals surface area (Å²) in [4.78, 5) is 29.9. The van der Waals surface area contributed by atoms with E-state index in [1.54, 1.807) is 9.47 Å². The highest BCUT2D eigenvalue weighted by Gasteiger charge is 2.29. The maximum absolute atomic E-state index is 14.8. The van der Waals surface area contributed by atoms with Crippen LogP contribution in [-0.2, 0) is 0 Å². The van der Waals surface area contributed by atoms with Crippen LogP contribution in [0.2, 0.25) is 0 Å². The number of carboxylic acid groups (broad SMARTS) is 1. The van der Waals surface area contributed by atoms with Crippen LogP contribution in [0.1, 0.15) is 42.1 Å². The number of carboxylic acids is 1. The van der Waals surface area contributed by atoms with Crippen LogP contribution in [0.25, 0.3) is 11.0 Å². The van der Waals surface area contributed by atoms with Crippen molar-refractivity contribution in [3.05, 3.63) is 45.3 Å². The number of rotatable bonds is 4. The second-order valence-electron chi connectivity index (χ2n) is 7.13. The molecule has 3 heterocycles. The lowest BCUT2D eigenvalue weighted by molar-refractivity contribution is 0.0695. The number of anilines is 1. The number of aliphatic hydroxyl groups is 1. The number of aliphatic hydroxyl groups excluding tert-OH is 1. The Bertz CT molecular complexity index is 1050. The standard InChI is InChI=1S/C19H19F2N3O4/c20-14-7-12-16(26)13(19(27)28)8-24(11-1-2-11)17(12)22-18(14)23-5-3-10(4-6-23)15(21)9-25/h7-8,11,25H,1-6,9H2,(H,27,28). The molecule has 2 aliphatic rings. The van der Waals surface area contributed by atoms with Crippen molar-refractivity contribution in [2.75, 3.05) is 24.6 Å². The van der Waals surface area contributed by atoms with Gasteiger partial charge in [0.1, 0.15) is 17.0 Å². The van der Waals surface area contributed by atoms with E-state index in [1.165, 1.54) is 6.20 Å². The minimum atomic E-state index is -1.35. The molecule has 1 aliphatic carbocycles. The van der Waals surface area contributed by atoms with Gasteiger partial charge in [0.2, 0.25) is 5.43 Å². The van der Waals surface area contributed by atoms with Gasteiger partial charge in [0.25, 0.3) is 0 Å². The molecule has 0 amide bonds. The summed E-state index contributed by atoms with van der Waals surface area (Å²) in [5.41, 5.74) is -0.385. The minimum Gasteiger partial charge on any atom is -0.477 e. The molecular formula is C19H19F2N3O4. The zero-order chi connectivity index (χ0) is 20.0. The van der Waals surface area contributed by atoms with Crippen molar-refractivity contribution in [1.29, 1.82) is 0 Å². The summed E-state index contributed by atoms with van der Waals surface area (Å²) in [5, 5.41) is 18.1. The van der Waals surface area contributed by atoms with Crippen LogP contribution < -0.4 is 10.3 Å². The third kappa shape index (κ3) is 3.15. The number of halogens is 2. The molecule has 0 aromatic carbocycles. The first-order chi connectivity index (χ1) is 13.4. The monoisotopic (exact) mass is 391 g/mol. The van der Waals surface area contributed by atoms with Gasteiger partial charge in [-0.1, -0.05) is 0 Å². The van der Waals surface area contributed by atoms with Gasteiger partial charge in [-0.25, -0.2) is 18.6 Å². The number of nitrogens with zero attached hydrogens (tertiary/aromatic N) is 3. The Labute approximate surface area is 158 Å². The highest BCUT2D eigenvalue weighted by molar-refractivity contribution is 5.92. The van der Waals surface area contributed by atoms with Crippen LogP contribution in [0.5, 0.6) is 0 Å². The van der Waals surface area contributed by atoms with E-state index in [0.29, 0.717) is 31.5 Å². The molecule has 2 aromatic rings. The van der Waals surface area contributed by atoms with Gasteiger partial charge >= 0.3 is 5.97 Å². The fraction of sp³-hybridized carbons (Fsp3) is 0.421. The van der Waals surface area contributed by atoms with Gasteiger partial charge in [-0.2, -0.15) is 0 Å². The van der Waals surface area contributed by atoms with Crippen LogP contribution in [0, 0.1) is 5.82 Å².